The first-order valence-corrected chi connectivity index (χ1v) is 11.0. The van der Waals surface area contributed by atoms with Crippen LogP contribution in [0, 0.1) is 5.92 Å². The number of nitrogens with zero attached hydrogens (tertiary/aromatic N) is 2. The largest absolute Gasteiger partial charge is 0.497 e. The Kier molecular flexibility index (Phi) is 6.53. The van der Waals surface area contributed by atoms with Gasteiger partial charge in [-0.2, -0.15) is 0 Å². The van der Waals surface area contributed by atoms with Crippen molar-refractivity contribution in [3.05, 3.63) is 47.9 Å². The topological polar surface area (TPSA) is 70.2 Å². The second-order valence-electron chi connectivity index (χ2n) is 8.38. The van der Waals surface area contributed by atoms with Gasteiger partial charge in [0, 0.05) is 25.1 Å². The summed E-state index contributed by atoms with van der Waals surface area (Å²) >= 11 is 0. The minimum atomic E-state index is -0.137. The number of hydrogen-bond donors (Lipinski definition) is 2. The van der Waals surface area contributed by atoms with Crippen molar-refractivity contribution in [2.24, 2.45) is 5.92 Å². The summed E-state index contributed by atoms with van der Waals surface area (Å²) in [6.45, 7) is 3.40. The number of nitrogens with one attached hydrogen (secondary N) is 2. The first kappa shape index (κ1) is 20.7. The van der Waals surface area contributed by atoms with Gasteiger partial charge >= 0.3 is 0 Å². The minimum absolute atomic E-state index is 0.137. The lowest BCUT2D eigenvalue weighted by Crippen LogP contribution is -2.37. The summed E-state index contributed by atoms with van der Waals surface area (Å²) in [4.78, 5) is 23.3. The summed E-state index contributed by atoms with van der Waals surface area (Å²) in [5.74, 6) is 2.75. The monoisotopic (exact) mass is 408 g/mol. The van der Waals surface area contributed by atoms with Crippen LogP contribution in [-0.2, 0) is 0 Å². The average molecular weight is 409 g/mol. The SMILES string of the molecule is CNC(=O)c1[nH]c(C2CCN(C[C@H]3CC=CCC3)CC2)nc1-c1ccc(OC)cc1. The Morgan fingerprint density at radius 2 is 1.97 bits per heavy atom. The predicted octanol–water partition coefficient (Wildman–Crippen LogP) is 3.98. The van der Waals surface area contributed by atoms with Gasteiger partial charge in [-0.1, -0.05) is 12.2 Å². The van der Waals surface area contributed by atoms with Crippen molar-refractivity contribution in [1.82, 2.24) is 20.2 Å². The van der Waals surface area contributed by atoms with Crippen LogP contribution in [0.3, 0.4) is 0 Å². The Morgan fingerprint density at radius 3 is 2.60 bits per heavy atom. The number of aromatic nitrogens is 2. The van der Waals surface area contributed by atoms with Gasteiger partial charge in [0.25, 0.3) is 5.91 Å². The highest BCUT2D eigenvalue weighted by molar-refractivity contribution is 5.98. The van der Waals surface area contributed by atoms with Crippen LogP contribution < -0.4 is 10.1 Å². The number of ether oxygens (including phenoxy) is 1. The zero-order valence-electron chi connectivity index (χ0n) is 18.0. The normalized spacial score (nSPS) is 20.3. The molecule has 1 amide bonds. The smallest absolute Gasteiger partial charge is 0.269 e. The third-order valence-corrected chi connectivity index (χ3v) is 6.41. The van der Waals surface area contributed by atoms with Gasteiger partial charge in [0.2, 0.25) is 0 Å². The first-order valence-electron chi connectivity index (χ1n) is 11.0. The van der Waals surface area contributed by atoms with Crippen molar-refractivity contribution >= 4 is 5.91 Å². The van der Waals surface area contributed by atoms with Crippen LogP contribution in [0.4, 0.5) is 0 Å². The quantitative estimate of drug-likeness (QED) is 0.710. The van der Waals surface area contributed by atoms with Gasteiger partial charge in [0.05, 0.1) is 7.11 Å². The number of carbonyl (C=O) groups is 1. The van der Waals surface area contributed by atoms with Crippen LogP contribution in [0.2, 0.25) is 0 Å². The van der Waals surface area contributed by atoms with Gasteiger partial charge in [0.15, 0.2) is 0 Å². The molecule has 1 aromatic heterocycles. The van der Waals surface area contributed by atoms with E-state index in [-0.39, 0.29) is 5.91 Å². The molecule has 0 unspecified atom stereocenters. The fourth-order valence-corrected chi connectivity index (χ4v) is 4.61. The molecule has 1 aliphatic carbocycles. The number of allylic oxidation sites excluding steroid dienone is 2. The van der Waals surface area contributed by atoms with Crippen LogP contribution in [0.25, 0.3) is 11.3 Å². The molecule has 0 radical (unpaired) electrons. The van der Waals surface area contributed by atoms with Crippen molar-refractivity contribution in [3.63, 3.8) is 0 Å². The maximum Gasteiger partial charge on any atom is 0.269 e. The zero-order valence-corrected chi connectivity index (χ0v) is 18.0. The van der Waals surface area contributed by atoms with Gasteiger partial charge in [-0.05, 0) is 75.4 Å². The van der Waals surface area contributed by atoms with E-state index in [0.717, 1.165) is 49.0 Å². The number of rotatable bonds is 6. The summed E-state index contributed by atoms with van der Waals surface area (Å²) in [5.41, 5.74) is 2.16. The number of benzene rings is 1. The number of carbonyl (C=O) groups excluding carboxylic acids is 1. The van der Waals surface area contributed by atoms with Crippen LogP contribution in [0.1, 0.15) is 54.3 Å². The van der Waals surface area contributed by atoms with E-state index in [0.29, 0.717) is 17.3 Å². The van der Waals surface area contributed by atoms with Gasteiger partial charge in [-0.15, -0.1) is 0 Å². The lowest BCUT2D eigenvalue weighted by Gasteiger charge is -2.34. The number of imidazole rings is 1. The van der Waals surface area contributed by atoms with Crippen LogP contribution in [-0.4, -0.2) is 54.6 Å². The van der Waals surface area contributed by atoms with Gasteiger partial charge in [0.1, 0.15) is 23.0 Å². The van der Waals surface area contributed by atoms with Crippen LogP contribution in [0.15, 0.2) is 36.4 Å². The maximum absolute atomic E-state index is 12.5. The molecular weight excluding hydrogens is 376 g/mol. The number of aromatic amines is 1. The summed E-state index contributed by atoms with van der Waals surface area (Å²) in [5, 5.41) is 2.73. The van der Waals surface area contributed by atoms with E-state index in [1.807, 2.05) is 24.3 Å². The molecule has 1 fully saturated rings. The van der Waals surface area contributed by atoms with Crippen molar-refractivity contribution < 1.29 is 9.53 Å². The van der Waals surface area contributed by atoms with Crippen molar-refractivity contribution in [2.75, 3.05) is 33.8 Å². The third kappa shape index (κ3) is 4.59. The summed E-state index contributed by atoms with van der Waals surface area (Å²) in [7, 11) is 3.30. The molecule has 1 saturated heterocycles. The number of likely N-dealkylation sites (tertiary alicyclic amines) is 1. The van der Waals surface area contributed by atoms with E-state index in [9.17, 15) is 4.79 Å². The second-order valence-corrected chi connectivity index (χ2v) is 8.38. The molecule has 6 heteroatoms. The molecule has 2 N–H and O–H groups in total. The minimum Gasteiger partial charge on any atom is -0.497 e. The highest BCUT2D eigenvalue weighted by atomic mass is 16.5. The highest BCUT2D eigenvalue weighted by Crippen LogP contribution is 2.32. The lowest BCUT2D eigenvalue weighted by atomic mass is 9.91. The molecule has 2 heterocycles. The van der Waals surface area contributed by atoms with Gasteiger partial charge in [-0.3, -0.25) is 4.79 Å². The van der Waals surface area contributed by atoms with Crippen molar-refractivity contribution in [2.45, 2.75) is 38.0 Å². The predicted molar refractivity (Wildman–Crippen MR) is 119 cm³/mol. The van der Waals surface area contributed by atoms with Crippen LogP contribution >= 0.6 is 0 Å². The van der Waals surface area contributed by atoms with E-state index in [2.05, 4.69) is 27.4 Å². The lowest BCUT2D eigenvalue weighted by molar-refractivity contribution is 0.0959. The van der Waals surface area contributed by atoms with E-state index in [4.69, 9.17) is 9.72 Å². The van der Waals surface area contributed by atoms with Crippen molar-refractivity contribution in [3.8, 4) is 17.0 Å². The number of hydrogen-bond acceptors (Lipinski definition) is 4. The summed E-state index contributed by atoms with van der Waals surface area (Å²) in [6, 6.07) is 7.70. The van der Waals surface area contributed by atoms with E-state index in [1.165, 1.54) is 25.8 Å². The Morgan fingerprint density at radius 1 is 1.20 bits per heavy atom. The number of H-pyrrole nitrogens is 1. The molecule has 2 aromatic rings. The van der Waals surface area contributed by atoms with Crippen molar-refractivity contribution in [1.29, 1.82) is 0 Å². The second kappa shape index (κ2) is 9.47. The molecule has 1 atom stereocenters. The first-order chi connectivity index (χ1) is 14.7. The summed E-state index contributed by atoms with van der Waals surface area (Å²) < 4.78 is 5.25. The third-order valence-electron chi connectivity index (χ3n) is 6.41. The standard InChI is InChI=1S/C24H32N4O2/c1-25-24(29)22-21(18-8-10-20(30-2)11-9-18)26-23(27-22)19-12-14-28(15-13-19)16-17-6-4-3-5-7-17/h3-4,8-11,17,19H,5-7,12-16H2,1-2H3,(H,25,29)(H,26,27)/t17-/m0/s1. The van der Waals surface area contributed by atoms with Crippen LogP contribution in [0.5, 0.6) is 5.75 Å². The molecule has 1 aliphatic heterocycles. The summed E-state index contributed by atoms with van der Waals surface area (Å²) in [6.07, 6.45) is 10.6. The molecule has 0 bridgehead atoms. The molecule has 30 heavy (non-hydrogen) atoms. The zero-order chi connectivity index (χ0) is 20.9. The molecule has 2 aliphatic rings. The highest BCUT2D eigenvalue weighted by Gasteiger charge is 2.27. The number of piperidine rings is 1. The fourth-order valence-electron chi connectivity index (χ4n) is 4.61. The molecule has 1 aromatic carbocycles. The van der Waals surface area contributed by atoms with Gasteiger partial charge in [-0.25, -0.2) is 4.98 Å². The maximum atomic E-state index is 12.5. The molecule has 0 spiro atoms. The molecule has 160 valence electrons. The number of methoxy groups -OCH3 is 1. The van der Waals surface area contributed by atoms with E-state index in [1.54, 1.807) is 14.2 Å². The molecule has 6 nitrogen and oxygen atoms in total. The average Bonchev–Trinajstić information content (AvgIpc) is 3.25. The van der Waals surface area contributed by atoms with E-state index >= 15 is 0 Å². The Hall–Kier alpha value is -2.60. The molecule has 4 rings (SSSR count). The fraction of sp³-hybridized carbons (Fsp3) is 0.500. The Bertz CT molecular complexity index is 879. The van der Waals surface area contributed by atoms with Gasteiger partial charge < -0.3 is 19.9 Å². The van der Waals surface area contributed by atoms with E-state index < -0.39 is 0 Å². The number of amides is 1. The Balaban J connectivity index is 1.47. The molecule has 0 saturated carbocycles. The Labute approximate surface area is 178 Å². The molecular formula is C24H32N4O2.